The van der Waals surface area contributed by atoms with Crippen LogP contribution in [0.5, 0.6) is 0 Å². The van der Waals surface area contributed by atoms with Crippen LogP contribution in [0.4, 0.5) is 0 Å². The Morgan fingerprint density at radius 2 is 2.20 bits per heavy atom. The van der Waals surface area contributed by atoms with E-state index in [0.29, 0.717) is 5.92 Å². The summed E-state index contributed by atoms with van der Waals surface area (Å²) in [5, 5.41) is 9.24. The zero-order valence-electron chi connectivity index (χ0n) is 14.4. The van der Waals surface area contributed by atoms with Crippen LogP contribution in [0.15, 0.2) is 36.7 Å². The Bertz CT molecular complexity index is 735. The maximum absolute atomic E-state index is 11.3. The molecule has 1 aliphatic heterocycles. The second-order valence-electron chi connectivity index (χ2n) is 6.31. The largest absolute Gasteiger partial charge is 0.478 e. The molecule has 0 radical (unpaired) electrons. The molecule has 1 fully saturated rings. The molecule has 1 N–H and O–H groups in total. The molecule has 6 heteroatoms. The Labute approximate surface area is 147 Å². The number of carboxylic acids is 1. The molecule has 0 saturated carbocycles. The second-order valence-corrected chi connectivity index (χ2v) is 6.31. The number of ether oxygens (including phenoxy) is 1. The van der Waals surface area contributed by atoms with E-state index in [1.165, 1.54) is 0 Å². The lowest BCUT2D eigenvalue weighted by molar-refractivity contribution is 0.0697. The van der Waals surface area contributed by atoms with Gasteiger partial charge in [0.2, 0.25) is 0 Å². The number of methoxy groups -OCH3 is 1. The predicted octanol–water partition coefficient (Wildman–Crippen LogP) is 2.67. The molecule has 1 aromatic carbocycles. The lowest BCUT2D eigenvalue weighted by Crippen LogP contribution is -2.37. The van der Waals surface area contributed by atoms with Gasteiger partial charge < -0.3 is 14.7 Å². The Kier molecular flexibility index (Phi) is 5.73. The lowest BCUT2D eigenvalue weighted by Gasteiger charge is -2.32. The number of benzene rings is 1. The normalized spacial score (nSPS) is 18.2. The maximum atomic E-state index is 11.3. The third kappa shape index (κ3) is 4.21. The van der Waals surface area contributed by atoms with Crippen molar-refractivity contribution in [2.75, 3.05) is 33.4 Å². The highest BCUT2D eigenvalue weighted by Crippen LogP contribution is 2.31. The Balaban J connectivity index is 1.88. The van der Waals surface area contributed by atoms with Crippen molar-refractivity contribution in [3.05, 3.63) is 47.9 Å². The zero-order valence-corrected chi connectivity index (χ0v) is 14.4. The number of carbonyl (C=O) groups is 1. The smallest absolute Gasteiger partial charge is 0.335 e. The van der Waals surface area contributed by atoms with Crippen molar-refractivity contribution < 1.29 is 14.6 Å². The Morgan fingerprint density at radius 1 is 1.36 bits per heavy atom. The fraction of sp³-hybridized carbons (Fsp3) is 0.421. The number of piperidine rings is 1. The molecule has 1 unspecified atom stereocenters. The molecule has 1 saturated heterocycles. The van der Waals surface area contributed by atoms with Crippen LogP contribution in [0, 0.1) is 0 Å². The number of likely N-dealkylation sites (tertiary alicyclic amines) is 1. The second kappa shape index (κ2) is 8.18. The summed E-state index contributed by atoms with van der Waals surface area (Å²) in [5.41, 5.74) is 2.80. The quantitative estimate of drug-likeness (QED) is 0.870. The van der Waals surface area contributed by atoms with Crippen LogP contribution in [0.1, 0.15) is 34.8 Å². The Morgan fingerprint density at radius 3 is 3.00 bits per heavy atom. The number of aromatic carboxylic acids is 1. The first-order chi connectivity index (χ1) is 12.2. The molecule has 2 aromatic rings. The van der Waals surface area contributed by atoms with Crippen molar-refractivity contribution in [3.8, 4) is 11.3 Å². The van der Waals surface area contributed by atoms with E-state index in [0.717, 1.165) is 56.0 Å². The number of nitrogens with zero attached hydrogens (tertiary/aromatic N) is 3. The summed E-state index contributed by atoms with van der Waals surface area (Å²) in [6.07, 6.45) is 5.55. The molecule has 25 heavy (non-hydrogen) atoms. The summed E-state index contributed by atoms with van der Waals surface area (Å²) in [5.74, 6) is -0.640. The summed E-state index contributed by atoms with van der Waals surface area (Å²) < 4.78 is 5.19. The first-order valence-corrected chi connectivity index (χ1v) is 8.55. The van der Waals surface area contributed by atoms with E-state index >= 15 is 0 Å². The molecule has 0 spiro atoms. The molecular weight excluding hydrogens is 318 g/mol. The average molecular weight is 341 g/mol. The first-order valence-electron chi connectivity index (χ1n) is 8.55. The van der Waals surface area contributed by atoms with Gasteiger partial charge in [0, 0.05) is 44.1 Å². The number of carboxylic acid groups (broad SMARTS) is 1. The minimum absolute atomic E-state index is 0.263. The lowest BCUT2D eigenvalue weighted by atomic mass is 9.91. The van der Waals surface area contributed by atoms with Gasteiger partial charge >= 0.3 is 5.97 Å². The molecule has 2 heterocycles. The van der Waals surface area contributed by atoms with Gasteiger partial charge in [-0.05, 0) is 31.5 Å². The SMILES string of the molecule is COCCN1CCCC(c2nccnc2-c2cccc(C(=O)O)c2)C1. The fourth-order valence-corrected chi connectivity index (χ4v) is 3.37. The van der Waals surface area contributed by atoms with Crippen LogP contribution in [0.25, 0.3) is 11.3 Å². The topological polar surface area (TPSA) is 75.5 Å². The standard InChI is InChI=1S/C19H23N3O3/c1-25-11-10-22-9-3-6-16(13-22)18-17(20-7-8-21-18)14-4-2-5-15(12-14)19(23)24/h2,4-5,7-8,12,16H,3,6,9-11,13H2,1H3,(H,23,24). The molecule has 1 aliphatic rings. The minimum Gasteiger partial charge on any atom is -0.478 e. The van der Waals surface area contributed by atoms with Crippen LogP contribution in [-0.4, -0.2) is 59.3 Å². The van der Waals surface area contributed by atoms with Gasteiger partial charge in [-0.2, -0.15) is 0 Å². The third-order valence-corrected chi connectivity index (χ3v) is 4.61. The van der Waals surface area contributed by atoms with Gasteiger partial charge in [-0.25, -0.2) is 4.79 Å². The van der Waals surface area contributed by atoms with Gasteiger partial charge in [-0.1, -0.05) is 12.1 Å². The van der Waals surface area contributed by atoms with E-state index in [4.69, 9.17) is 4.74 Å². The minimum atomic E-state index is -0.935. The number of aromatic nitrogens is 2. The van der Waals surface area contributed by atoms with E-state index in [1.54, 1.807) is 37.7 Å². The van der Waals surface area contributed by atoms with Crippen molar-refractivity contribution >= 4 is 5.97 Å². The van der Waals surface area contributed by atoms with Crippen molar-refractivity contribution in [2.45, 2.75) is 18.8 Å². The average Bonchev–Trinajstić information content (AvgIpc) is 2.66. The highest BCUT2D eigenvalue weighted by molar-refractivity contribution is 5.89. The van der Waals surface area contributed by atoms with Crippen LogP contribution in [0.2, 0.25) is 0 Å². The summed E-state index contributed by atoms with van der Waals surface area (Å²) in [7, 11) is 1.72. The summed E-state index contributed by atoms with van der Waals surface area (Å²) in [6, 6.07) is 6.91. The summed E-state index contributed by atoms with van der Waals surface area (Å²) in [6.45, 7) is 3.63. The molecule has 1 aromatic heterocycles. The molecule has 132 valence electrons. The third-order valence-electron chi connectivity index (χ3n) is 4.61. The monoisotopic (exact) mass is 341 g/mol. The van der Waals surface area contributed by atoms with Gasteiger partial charge in [0.1, 0.15) is 0 Å². The van der Waals surface area contributed by atoms with E-state index in [1.807, 2.05) is 6.07 Å². The maximum Gasteiger partial charge on any atom is 0.335 e. The van der Waals surface area contributed by atoms with Crippen LogP contribution in [0.3, 0.4) is 0 Å². The fourth-order valence-electron chi connectivity index (χ4n) is 3.37. The van der Waals surface area contributed by atoms with E-state index in [9.17, 15) is 9.90 Å². The van der Waals surface area contributed by atoms with E-state index in [-0.39, 0.29) is 5.56 Å². The zero-order chi connectivity index (χ0) is 17.6. The highest BCUT2D eigenvalue weighted by Gasteiger charge is 2.25. The molecule has 0 amide bonds. The predicted molar refractivity (Wildman–Crippen MR) is 94.7 cm³/mol. The molecule has 1 atom stereocenters. The van der Waals surface area contributed by atoms with Crippen LogP contribution < -0.4 is 0 Å². The molecule has 0 bridgehead atoms. The highest BCUT2D eigenvalue weighted by atomic mass is 16.5. The number of hydrogen-bond acceptors (Lipinski definition) is 5. The van der Waals surface area contributed by atoms with Crippen LogP contribution in [-0.2, 0) is 4.74 Å². The van der Waals surface area contributed by atoms with Gasteiger partial charge in [0.05, 0.1) is 23.6 Å². The van der Waals surface area contributed by atoms with Crippen LogP contribution >= 0.6 is 0 Å². The van der Waals surface area contributed by atoms with Gasteiger partial charge in [-0.3, -0.25) is 9.97 Å². The molecule has 3 rings (SSSR count). The molecular formula is C19H23N3O3. The molecule has 6 nitrogen and oxygen atoms in total. The summed E-state index contributed by atoms with van der Waals surface area (Å²) in [4.78, 5) is 22.8. The van der Waals surface area contributed by atoms with Crippen molar-refractivity contribution in [3.63, 3.8) is 0 Å². The Hall–Kier alpha value is -2.31. The summed E-state index contributed by atoms with van der Waals surface area (Å²) >= 11 is 0. The van der Waals surface area contributed by atoms with Crippen molar-refractivity contribution in [2.24, 2.45) is 0 Å². The van der Waals surface area contributed by atoms with E-state index in [2.05, 4.69) is 14.9 Å². The molecule has 0 aliphatic carbocycles. The van der Waals surface area contributed by atoms with Crippen molar-refractivity contribution in [1.82, 2.24) is 14.9 Å². The van der Waals surface area contributed by atoms with E-state index < -0.39 is 5.97 Å². The van der Waals surface area contributed by atoms with Crippen molar-refractivity contribution in [1.29, 1.82) is 0 Å². The van der Waals surface area contributed by atoms with Gasteiger partial charge in [-0.15, -0.1) is 0 Å². The van der Waals surface area contributed by atoms with Gasteiger partial charge in [0.15, 0.2) is 0 Å². The number of hydrogen-bond donors (Lipinski definition) is 1. The van der Waals surface area contributed by atoms with Gasteiger partial charge in [0.25, 0.3) is 0 Å². The first kappa shape index (κ1) is 17.5. The number of rotatable bonds is 6.